The fourth-order valence-corrected chi connectivity index (χ4v) is 3.41. The van der Waals surface area contributed by atoms with Gasteiger partial charge in [0.05, 0.1) is 12.3 Å². The minimum Gasteiger partial charge on any atom is -0.339 e. The Morgan fingerprint density at radius 3 is 2.56 bits per heavy atom. The van der Waals surface area contributed by atoms with Gasteiger partial charge in [0, 0.05) is 18.6 Å². The summed E-state index contributed by atoms with van der Waals surface area (Å²) in [7, 11) is -3.27. The Hall–Kier alpha value is -0.660. The van der Waals surface area contributed by atoms with E-state index >= 15 is 0 Å². The molecule has 0 aliphatic carbocycles. The summed E-state index contributed by atoms with van der Waals surface area (Å²) in [6.07, 6.45) is 1.91. The van der Waals surface area contributed by atoms with Crippen LogP contribution in [0.4, 0.5) is 0 Å². The molecule has 1 aliphatic rings. The van der Waals surface area contributed by atoms with Crippen molar-refractivity contribution >= 4 is 15.9 Å². The quantitative estimate of drug-likeness (QED) is 0.688. The number of hydrogen-bond donors (Lipinski definition) is 2. The maximum atomic E-state index is 12.0. The molecule has 106 valence electrons. The van der Waals surface area contributed by atoms with Crippen molar-refractivity contribution in [3.8, 4) is 0 Å². The van der Waals surface area contributed by atoms with Gasteiger partial charge in [-0.05, 0) is 26.8 Å². The Morgan fingerprint density at radius 2 is 2.06 bits per heavy atom. The standard InChI is InChI=1S/C11H23N3O3S/c1-5-12-9-6-7-14(10(9)15)8-11(2,3)13-18(4,16)17/h9,12-13H,5-8H2,1-4H3. The third-order valence-electron chi connectivity index (χ3n) is 2.80. The molecule has 0 radical (unpaired) electrons. The first kappa shape index (κ1) is 15.4. The molecule has 0 bridgehead atoms. The fourth-order valence-electron chi connectivity index (χ4n) is 2.34. The van der Waals surface area contributed by atoms with Crippen LogP contribution in [0.5, 0.6) is 0 Å². The van der Waals surface area contributed by atoms with E-state index in [0.717, 1.165) is 19.2 Å². The Labute approximate surface area is 109 Å². The number of carbonyl (C=O) groups is 1. The molecule has 1 unspecified atom stereocenters. The minimum atomic E-state index is -3.27. The van der Waals surface area contributed by atoms with E-state index in [4.69, 9.17) is 0 Å². The van der Waals surface area contributed by atoms with E-state index in [1.54, 1.807) is 18.7 Å². The molecular formula is C11H23N3O3S. The highest BCUT2D eigenvalue weighted by Gasteiger charge is 2.35. The summed E-state index contributed by atoms with van der Waals surface area (Å²) in [6, 6.07) is -0.121. The predicted molar refractivity (Wildman–Crippen MR) is 70.7 cm³/mol. The smallest absolute Gasteiger partial charge is 0.239 e. The van der Waals surface area contributed by atoms with Gasteiger partial charge >= 0.3 is 0 Å². The van der Waals surface area contributed by atoms with Gasteiger partial charge in [0.25, 0.3) is 0 Å². The molecule has 1 saturated heterocycles. The van der Waals surface area contributed by atoms with Crippen molar-refractivity contribution in [3.63, 3.8) is 0 Å². The van der Waals surface area contributed by atoms with Gasteiger partial charge in [-0.25, -0.2) is 13.1 Å². The second-order valence-electron chi connectivity index (χ2n) is 5.42. The lowest BCUT2D eigenvalue weighted by molar-refractivity contribution is -0.130. The number of nitrogens with zero attached hydrogens (tertiary/aromatic N) is 1. The van der Waals surface area contributed by atoms with Crippen molar-refractivity contribution in [2.24, 2.45) is 0 Å². The van der Waals surface area contributed by atoms with Gasteiger partial charge in [0.1, 0.15) is 0 Å². The van der Waals surface area contributed by atoms with Crippen molar-refractivity contribution in [2.75, 3.05) is 25.9 Å². The lowest BCUT2D eigenvalue weighted by Gasteiger charge is -2.30. The molecule has 7 heteroatoms. The topological polar surface area (TPSA) is 78.5 Å². The summed E-state index contributed by atoms with van der Waals surface area (Å²) >= 11 is 0. The van der Waals surface area contributed by atoms with Gasteiger partial charge in [0.2, 0.25) is 15.9 Å². The third kappa shape index (κ3) is 4.55. The SMILES string of the molecule is CCNC1CCN(CC(C)(C)NS(C)(=O)=O)C1=O. The normalized spacial score (nSPS) is 21.7. The van der Waals surface area contributed by atoms with Gasteiger partial charge in [-0.15, -0.1) is 0 Å². The average Bonchev–Trinajstić information content (AvgIpc) is 2.46. The molecule has 0 aromatic rings. The highest BCUT2D eigenvalue weighted by Crippen LogP contribution is 2.15. The highest BCUT2D eigenvalue weighted by atomic mass is 32.2. The van der Waals surface area contributed by atoms with E-state index in [-0.39, 0.29) is 11.9 Å². The molecular weight excluding hydrogens is 254 g/mol. The van der Waals surface area contributed by atoms with E-state index < -0.39 is 15.6 Å². The molecule has 1 aliphatic heterocycles. The molecule has 0 aromatic carbocycles. The molecule has 0 spiro atoms. The van der Waals surface area contributed by atoms with Crippen LogP contribution in [0.25, 0.3) is 0 Å². The minimum absolute atomic E-state index is 0.0558. The number of hydrogen-bond acceptors (Lipinski definition) is 4. The van der Waals surface area contributed by atoms with Gasteiger partial charge in [-0.2, -0.15) is 0 Å². The van der Waals surface area contributed by atoms with Crippen LogP contribution >= 0.6 is 0 Å². The highest BCUT2D eigenvalue weighted by molar-refractivity contribution is 7.88. The Bertz CT molecular complexity index is 406. The van der Waals surface area contributed by atoms with Crippen LogP contribution in [0.15, 0.2) is 0 Å². The molecule has 6 nitrogen and oxygen atoms in total. The zero-order valence-corrected chi connectivity index (χ0v) is 12.3. The van der Waals surface area contributed by atoms with Crippen LogP contribution in [0.1, 0.15) is 27.2 Å². The summed E-state index contributed by atoms with van der Waals surface area (Å²) in [6.45, 7) is 7.34. The first-order valence-electron chi connectivity index (χ1n) is 6.16. The van der Waals surface area contributed by atoms with Gasteiger partial charge in [0.15, 0.2) is 0 Å². The number of likely N-dealkylation sites (tertiary alicyclic amines) is 1. The number of rotatable bonds is 6. The van der Waals surface area contributed by atoms with Crippen LogP contribution in [0.2, 0.25) is 0 Å². The van der Waals surface area contributed by atoms with Crippen molar-refractivity contribution in [2.45, 2.75) is 38.8 Å². The molecule has 1 atom stereocenters. The van der Waals surface area contributed by atoms with Crippen molar-refractivity contribution in [1.82, 2.24) is 14.9 Å². The Kier molecular flexibility index (Phi) is 4.74. The second kappa shape index (κ2) is 5.54. The molecule has 1 rings (SSSR count). The van der Waals surface area contributed by atoms with Crippen molar-refractivity contribution < 1.29 is 13.2 Å². The molecule has 1 fully saturated rings. The zero-order chi connectivity index (χ0) is 14.0. The Balaban J connectivity index is 2.61. The van der Waals surface area contributed by atoms with Gasteiger partial charge < -0.3 is 10.2 Å². The van der Waals surface area contributed by atoms with Crippen LogP contribution in [-0.4, -0.2) is 56.7 Å². The zero-order valence-electron chi connectivity index (χ0n) is 11.5. The lowest BCUT2D eigenvalue weighted by atomic mass is 10.1. The van der Waals surface area contributed by atoms with E-state index in [2.05, 4.69) is 10.0 Å². The predicted octanol–water partition coefficient (Wildman–Crippen LogP) is -0.475. The molecule has 0 saturated carbocycles. The number of likely N-dealkylation sites (N-methyl/N-ethyl adjacent to an activating group) is 1. The summed E-state index contributed by atoms with van der Waals surface area (Å²) in [5.74, 6) is 0.0558. The summed E-state index contributed by atoms with van der Waals surface area (Å²) in [5.41, 5.74) is -0.648. The summed E-state index contributed by atoms with van der Waals surface area (Å²) in [4.78, 5) is 13.7. The fraction of sp³-hybridized carbons (Fsp3) is 0.909. The maximum Gasteiger partial charge on any atom is 0.239 e. The van der Waals surface area contributed by atoms with Crippen molar-refractivity contribution in [1.29, 1.82) is 0 Å². The first-order chi connectivity index (χ1) is 8.14. The van der Waals surface area contributed by atoms with Crippen molar-refractivity contribution in [3.05, 3.63) is 0 Å². The Morgan fingerprint density at radius 1 is 1.44 bits per heavy atom. The number of nitrogens with one attached hydrogen (secondary N) is 2. The van der Waals surface area contributed by atoms with Crippen LogP contribution < -0.4 is 10.0 Å². The molecule has 18 heavy (non-hydrogen) atoms. The van der Waals surface area contributed by atoms with E-state index in [1.807, 2.05) is 6.92 Å². The summed E-state index contributed by atoms with van der Waals surface area (Å²) in [5, 5.41) is 3.13. The van der Waals surface area contributed by atoms with Crippen LogP contribution in [0.3, 0.4) is 0 Å². The number of sulfonamides is 1. The third-order valence-corrected chi connectivity index (χ3v) is 3.72. The lowest BCUT2D eigenvalue weighted by Crippen LogP contribution is -2.52. The van der Waals surface area contributed by atoms with Gasteiger partial charge in [-0.3, -0.25) is 4.79 Å². The molecule has 0 aromatic heterocycles. The van der Waals surface area contributed by atoms with Gasteiger partial charge in [-0.1, -0.05) is 6.92 Å². The summed E-state index contributed by atoms with van der Waals surface area (Å²) < 4.78 is 25.0. The number of amides is 1. The molecule has 1 heterocycles. The van der Waals surface area contributed by atoms with Crippen LogP contribution in [-0.2, 0) is 14.8 Å². The average molecular weight is 277 g/mol. The molecule has 1 amide bonds. The maximum absolute atomic E-state index is 12.0. The van der Waals surface area contributed by atoms with E-state index in [1.165, 1.54) is 0 Å². The monoisotopic (exact) mass is 277 g/mol. The second-order valence-corrected chi connectivity index (χ2v) is 7.17. The van der Waals surface area contributed by atoms with E-state index in [0.29, 0.717) is 13.1 Å². The van der Waals surface area contributed by atoms with E-state index in [9.17, 15) is 13.2 Å². The largest absolute Gasteiger partial charge is 0.339 e. The number of carbonyl (C=O) groups excluding carboxylic acids is 1. The molecule has 2 N–H and O–H groups in total. The first-order valence-corrected chi connectivity index (χ1v) is 8.05. The van der Waals surface area contributed by atoms with Crippen LogP contribution in [0, 0.1) is 0 Å².